The molecule has 2 unspecified atom stereocenters. The van der Waals surface area contributed by atoms with Crippen LogP contribution in [-0.2, 0) is 4.79 Å². The number of carbonyl (C=O) groups is 1. The minimum Gasteiger partial charge on any atom is -0.354 e. The molecular formula is C18H17N3OS. The summed E-state index contributed by atoms with van der Waals surface area (Å²) in [5.41, 5.74) is 2.34. The van der Waals surface area contributed by atoms with Gasteiger partial charge in [-0.25, -0.2) is 0 Å². The zero-order valence-electron chi connectivity index (χ0n) is 12.5. The molecule has 1 fully saturated rings. The van der Waals surface area contributed by atoms with Crippen LogP contribution in [0.1, 0.15) is 11.6 Å². The molecule has 2 atom stereocenters. The summed E-state index contributed by atoms with van der Waals surface area (Å²) in [6.07, 6.45) is 0. The van der Waals surface area contributed by atoms with Gasteiger partial charge in [0.1, 0.15) is 5.92 Å². The quantitative estimate of drug-likeness (QED) is 0.760. The summed E-state index contributed by atoms with van der Waals surface area (Å²) in [6.45, 7) is 3.99. The molecule has 1 heterocycles. The largest absolute Gasteiger partial charge is 0.354 e. The van der Waals surface area contributed by atoms with Gasteiger partial charge in [0.05, 0.1) is 6.04 Å². The Balaban J connectivity index is 1.88. The van der Waals surface area contributed by atoms with E-state index >= 15 is 0 Å². The summed E-state index contributed by atoms with van der Waals surface area (Å²) >= 11 is 5.21. The van der Waals surface area contributed by atoms with Crippen molar-refractivity contribution in [1.29, 1.82) is 0 Å². The molecule has 1 aliphatic heterocycles. The van der Waals surface area contributed by atoms with Crippen molar-refractivity contribution in [2.45, 2.75) is 6.04 Å². The Morgan fingerprint density at radius 2 is 1.65 bits per heavy atom. The van der Waals surface area contributed by atoms with Gasteiger partial charge in [-0.3, -0.25) is 4.79 Å². The fourth-order valence-electron chi connectivity index (χ4n) is 2.67. The molecule has 3 N–H and O–H groups in total. The van der Waals surface area contributed by atoms with Gasteiger partial charge in [-0.1, -0.05) is 55.1 Å². The molecule has 1 aliphatic rings. The third kappa shape index (κ3) is 3.40. The van der Waals surface area contributed by atoms with Gasteiger partial charge in [0.15, 0.2) is 5.11 Å². The summed E-state index contributed by atoms with van der Waals surface area (Å²) < 4.78 is 0. The van der Waals surface area contributed by atoms with Crippen LogP contribution in [0.2, 0.25) is 0 Å². The maximum absolute atomic E-state index is 12.8. The average Bonchev–Trinajstić information content (AvgIpc) is 2.55. The molecule has 1 saturated heterocycles. The zero-order valence-corrected chi connectivity index (χ0v) is 13.3. The Labute approximate surface area is 140 Å². The number of amides is 1. The van der Waals surface area contributed by atoms with E-state index < -0.39 is 5.92 Å². The van der Waals surface area contributed by atoms with Gasteiger partial charge in [0.2, 0.25) is 5.91 Å². The van der Waals surface area contributed by atoms with Gasteiger partial charge in [-0.05, 0) is 29.9 Å². The maximum atomic E-state index is 12.8. The van der Waals surface area contributed by atoms with Crippen LogP contribution in [0.5, 0.6) is 0 Å². The van der Waals surface area contributed by atoms with Gasteiger partial charge in [-0.15, -0.1) is 0 Å². The van der Waals surface area contributed by atoms with E-state index in [9.17, 15) is 4.79 Å². The smallest absolute Gasteiger partial charge is 0.235 e. The Morgan fingerprint density at radius 1 is 1.04 bits per heavy atom. The Hall–Kier alpha value is -2.66. The number of carbonyl (C=O) groups excluding carboxylic acids is 1. The molecule has 0 radical (unpaired) electrons. The first kappa shape index (κ1) is 15.2. The minimum atomic E-state index is -0.468. The predicted octanol–water partition coefficient (Wildman–Crippen LogP) is 2.97. The van der Waals surface area contributed by atoms with Crippen molar-refractivity contribution in [1.82, 2.24) is 10.6 Å². The highest BCUT2D eigenvalue weighted by molar-refractivity contribution is 7.80. The zero-order chi connectivity index (χ0) is 16.2. The summed E-state index contributed by atoms with van der Waals surface area (Å²) in [6, 6.07) is 18.9. The van der Waals surface area contributed by atoms with Crippen LogP contribution in [0.4, 0.5) is 5.69 Å². The second-order valence-electron chi connectivity index (χ2n) is 5.35. The molecule has 2 aromatic carbocycles. The summed E-state index contributed by atoms with van der Waals surface area (Å²) in [4.78, 5) is 12.8. The van der Waals surface area contributed by atoms with Gasteiger partial charge in [0.25, 0.3) is 0 Å². The summed E-state index contributed by atoms with van der Waals surface area (Å²) in [5, 5.41) is 9.55. The molecule has 4 nitrogen and oxygen atoms in total. The highest BCUT2D eigenvalue weighted by Crippen LogP contribution is 2.30. The molecule has 2 aromatic rings. The van der Waals surface area contributed by atoms with Crippen molar-refractivity contribution in [2.24, 2.45) is 5.92 Å². The number of benzene rings is 2. The SMILES string of the molecule is C=C1NC(=S)NC(c2ccccc2)C1C(=O)Nc1ccccc1. The van der Waals surface area contributed by atoms with Crippen LogP contribution in [0.3, 0.4) is 0 Å². The van der Waals surface area contributed by atoms with Crippen molar-refractivity contribution in [3.05, 3.63) is 78.5 Å². The molecule has 0 aromatic heterocycles. The minimum absolute atomic E-state index is 0.127. The van der Waals surface area contributed by atoms with E-state index in [4.69, 9.17) is 12.2 Å². The van der Waals surface area contributed by atoms with Crippen LogP contribution >= 0.6 is 12.2 Å². The Bertz CT molecular complexity index is 730. The Kier molecular flexibility index (Phi) is 4.39. The first-order chi connectivity index (χ1) is 11.1. The third-order valence-corrected chi connectivity index (χ3v) is 3.97. The Morgan fingerprint density at radius 3 is 2.30 bits per heavy atom. The molecule has 0 spiro atoms. The second-order valence-corrected chi connectivity index (χ2v) is 5.75. The molecule has 0 aliphatic carbocycles. The van der Waals surface area contributed by atoms with E-state index in [2.05, 4.69) is 22.5 Å². The average molecular weight is 323 g/mol. The summed E-state index contributed by atoms with van der Waals surface area (Å²) in [7, 11) is 0. The molecule has 116 valence electrons. The van der Waals surface area contributed by atoms with Crippen molar-refractivity contribution in [3.63, 3.8) is 0 Å². The highest BCUT2D eigenvalue weighted by Gasteiger charge is 2.36. The normalized spacial score (nSPS) is 20.3. The predicted molar refractivity (Wildman–Crippen MR) is 95.8 cm³/mol. The van der Waals surface area contributed by atoms with E-state index in [1.807, 2.05) is 60.7 Å². The topological polar surface area (TPSA) is 53.2 Å². The van der Waals surface area contributed by atoms with Crippen molar-refractivity contribution < 1.29 is 4.79 Å². The van der Waals surface area contributed by atoms with Gasteiger partial charge in [0, 0.05) is 11.4 Å². The van der Waals surface area contributed by atoms with Gasteiger partial charge < -0.3 is 16.0 Å². The number of hydrogen-bond acceptors (Lipinski definition) is 2. The third-order valence-electron chi connectivity index (χ3n) is 3.75. The van der Waals surface area contributed by atoms with Crippen LogP contribution in [0.15, 0.2) is 72.9 Å². The van der Waals surface area contributed by atoms with Crippen LogP contribution in [0, 0.1) is 5.92 Å². The van der Waals surface area contributed by atoms with Crippen LogP contribution in [-0.4, -0.2) is 11.0 Å². The van der Waals surface area contributed by atoms with E-state index in [0.29, 0.717) is 10.8 Å². The number of rotatable bonds is 3. The lowest BCUT2D eigenvalue weighted by molar-refractivity contribution is -0.119. The molecule has 23 heavy (non-hydrogen) atoms. The lowest BCUT2D eigenvalue weighted by Gasteiger charge is -2.35. The van der Waals surface area contributed by atoms with Crippen molar-refractivity contribution in [3.8, 4) is 0 Å². The molecule has 0 saturated carbocycles. The van der Waals surface area contributed by atoms with Crippen LogP contribution < -0.4 is 16.0 Å². The fraction of sp³-hybridized carbons (Fsp3) is 0.111. The van der Waals surface area contributed by atoms with Gasteiger partial charge >= 0.3 is 0 Å². The number of thiocarbonyl (C=S) groups is 1. The molecular weight excluding hydrogens is 306 g/mol. The number of para-hydroxylation sites is 1. The molecule has 0 bridgehead atoms. The van der Waals surface area contributed by atoms with Crippen molar-refractivity contribution >= 4 is 28.9 Å². The summed E-state index contributed by atoms with van der Waals surface area (Å²) in [5.74, 6) is -0.596. The monoisotopic (exact) mass is 323 g/mol. The highest BCUT2D eigenvalue weighted by atomic mass is 32.1. The number of anilines is 1. The standard InChI is InChI=1S/C18H17N3OS/c1-12-15(17(22)20-14-10-6-3-7-11-14)16(21-18(23)19-12)13-8-4-2-5-9-13/h2-11,15-16H,1H2,(H,20,22)(H2,19,21,23). The fourth-order valence-corrected chi connectivity index (χ4v) is 2.93. The maximum Gasteiger partial charge on any atom is 0.235 e. The van der Waals surface area contributed by atoms with E-state index in [1.54, 1.807) is 0 Å². The molecule has 1 amide bonds. The first-order valence-corrected chi connectivity index (χ1v) is 7.73. The van der Waals surface area contributed by atoms with E-state index in [1.165, 1.54) is 0 Å². The van der Waals surface area contributed by atoms with E-state index in [0.717, 1.165) is 11.3 Å². The second kappa shape index (κ2) is 6.62. The first-order valence-electron chi connectivity index (χ1n) is 7.32. The number of hydrogen-bond donors (Lipinski definition) is 3. The lowest BCUT2D eigenvalue weighted by Crippen LogP contribution is -2.51. The van der Waals surface area contributed by atoms with E-state index in [-0.39, 0.29) is 11.9 Å². The number of nitrogens with one attached hydrogen (secondary N) is 3. The van der Waals surface area contributed by atoms with Gasteiger partial charge in [-0.2, -0.15) is 0 Å². The molecule has 5 heteroatoms. The molecule has 3 rings (SSSR count). The van der Waals surface area contributed by atoms with Crippen LogP contribution in [0.25, 0.3) is 0 Å². The van der Waals surface area contributed by atoms with Crippen molar-refractivity contribution in [2.75, 3.05) is 5.32 Å². The lowest BCUT2D eigenvalue weighted by atomic mass is 9.88.